The van der Waals surface area contributed by atoms with Gasteiger partial charge in [-0.2, -0.15) is 0 Å². The number of aromatic hydroxyl groups is 1. The average Bonchev–Trinajstić information content (AvgIpc) is 3.20. The number of allylic oxidation sites excluding steroid dienone is 1. The van der Waals surface area contributed by atoms with Crippen LogP contribution in [0.4, 0.5) is 5.82 Å². The molecule has 1 atom stereocenters. The highest BCUT2D eigenvalue weighted by Crippen LogP contribution is 2.32. The summed E-state index contributed by atoms with van der Waals surface area (Å²) in [6, 6.07) is 24.7. The summed E-state index contributed by atoms with van der Waals surface area (Å²) in [5, 5.41) is 17.6. The Balaban J connectivity index is 1.17. The van der Waals surface area contributed by atoms with Gasteiger partial charge in [0.05, 0.1) is 13.5 Å². The number of aryl methyl sites for hydroxylation is 4. The first-order valence-corrected chi connectivity index (χ1v) is 20.1. The molecule has 0 amide bonds. The first-order chi connectivity index (χ1) is 26.8. The highest BCUT2D eigenvalue weighted by atomic mass is 16.5. The molecule has 0 aliphatic carbocycles. The highest BCUT2D eigenvalue weighted by molar-refractivity contribution is 6.06. The van der Waals surface area contributed by atoms with Crippen LogP contribution in [-0.4, -0.2) is 55.4 Å². The summed E-state index contributed by atoms with van der Waals surface area (Å²) in [6.07, 6.45) is 15.9. The van der Waals surface area contributed by atoms with Crippen molar-refractivity contribution < 1.29 is 19.4 Å². The number of hydrogen-bond acceptors (Lipinski definition) is 8. The number of anilines is 1. The van der Waals surface area contributed by atoms with Gasteiger partial charge in [0.1, 0.15) is 11.6 Å². The number of carbonyl (C=O) groups is 2. The van der Waals surface area contributed by atoms with E-state index in [1.807, 2.05) is 19.2 Å². The number of nitrogens with one attached hydrogen (secondary N) is 2. The maximum absolute atomic E-state index is 13.0. The Bertz CT molecular complexity index is 1850. The van der Waals surface area contributed by atoms with E-state index in [0.717, 1.165) is 92.8 Å². The van der Waals surface area contributed by atoms with Gasteiger partial charge in [-0.05, 0) is 160 Å². The van der Waals surface area contributed by atoms with Crippen LogP contribution in [-0.2, 0) is 41.7 Å². The van der Waals surface area contributed by atoms with Gasteiger partial charge in [0.25, 0.3) is 0 Å². The van der Waals surface area contributed by atoms with Gasteiger partial charge in [0.2, 0.25) is 0 Å². The lowest BCUT2D eigenvalue weighted by Gasteiger charge is -2.30. The molecule has 4 aromatic rings. The number of ketones is 2. The van der Waals surface area contributed by atoms with Crippen LogP contribution in [0.5, 0.6) is 11.5 Å². The van der Waals surface area contributed by atoms with E-state index in [2.05, 4.69) is 64.1 Å². The summed E-state index contributed by atoms with van der Waals surface area (Å²) in [5.41, 5.74) is 13.7. The van der Waals surface area contributed by atoms with Crippen molar-refractivity contribution >= 4 is 23.5 Å². The number of methoxy groups -OCH3 is 1. The fourth-order valence-corrected chi connectivity index (χ4v) is 7.91. The Labute approximate surface area is 328 Å². The average molecular weight is 745 g/mol. The van der Waals surface area contributed by atoms with Crippen molar-refractivity contribution in [3.8, 4) is 11.5 Å². The van der Waals surface area contributed by atoms with Gasteiger partial charge in [0, 0.05) is 12.6 Å². The summed E-state index contributed by atoms with van der Waals surface area (Å²) in [4.78, 5) is 30.1. The van der Waals surface area contributed by atoms with E-state index in [0.29, 0.717) is 30.3 Å². The molecule has 5 rings (SSSR count). The van der Waals surface area contributed by atoms with Crippen molar-refractivity contribution in [1.82, 2.24) is 15.6 Å². The third-order valence-electron chi connectivity index (χ3n) is 11.0. The minimum absolute atomic E-state index is 0.0152. The summed E-state index contributed by atoms with van der Waals surface area (Å²) in [5.74, 6) is 1.97. The Kier molecular flexibility index (Phi) is 16.5. The van der Waals surface area contributed by atoms with Crippen LogP contribution in [0.25, 0.3) is 6.08 Å². The second kappa shape index (κ2) is 21.9. The van der Waals surface area contributed by atoms with E-state index < -0.39 is 0 Å². The first-order valence-electron chi connectivity index (χ1n) is 20.1. The van der Waals surface area contributed by atoms with E-state index in [1.165, 1.54) is 49.1 Å². The van der Waals surface area contributed by atoms with E-state index in [9.17, 15) is 14.7 Å². The predicted molar refractivity (Wildman–Crippen MR) is 224 cm³/mol. The van der Waals surface area contributed by atoms with Crippen molar-refractivity contribution in [2.24, 2.45) is 11.8 Å². The third-order valence-corrected chi connectivity index (χ3v) is 11.0. The largest absolute Gasteiger partial charge is 0.504 e. The van der Waals surface area contributed by atoms with Crippen LogP contribution >= 0.6 is 0 Å². The fraction of sp³-hybridized carbons (Fsp3) is 0.426. The number of piperidine rings is 1. The molecule has 1 aliphatic rings. The Morgan fingerprint density at radius 1 is 0.909 bits per heavy atom. The molecule has 0 spiro atoms. The molecule has 8 heteroatoms. The number of unbranched alkanes of at least 4 members (excludes halogenated alkanes) is 2. The number of phenols is 1. The van der Waals surface area contributed by atoms with E-state index in [1.54, 1.807) is 24.4 Å². The summed E-state index contributed by atoms with van der Waals surface area (Å²) in [6.45, 7) is 3.26. The lowest BCUT2D eigenvalue weighted by atomic mass is 9.81. The number of pyridine rings is 1. The van der Waals surface area contributed by atoms with Gasteiger partial charge in [-0.25, -0.2) is 4.98 Å². The minimum Gasteiger partial charge on any atom is -0.504 e. The number of benzene rings is 3. The normalized spacial score (nSPS) is 13.9. The summed E-state index contributed by atoms with van der Waals surface area (Å²) in [7, 11) is 3.53. The lowest BCUT2D eigenvalue weighted by Crippen LogP contribution is -2.35. The molecule has 0 saturated carbocycles. The van der Waals surface area contributed by atoms with Gasteiger partial charge >= 0.3 is 0 Å². The van der Waals surface area contributed by atoms with E-state index in [-0.39, 0.29) is 23.7 Å². The van der Waals surface area contributed by atoms with Crippen LogP contribution in [0.1, 0.15) is 90.3 Å². The quantitative estimate of drug-likeness (QED) is 0.0364. The standard InChI is InChI=1S/C47H60N4O4/c1-49-32-40(37-22-24-50-25-23-37)14-7-4-8-15-43(52)31-44(53)21-20-38-29-46(55-2)45(54)28-41(38)27-42-33-51-47(48)30-39(42)19-18-36-13-9-12-35(26-36)17-16-34-10-5-3-6-11-34/h3,5-6,9-13,20-21,26,28-30,33,37,40,49-50,54H,4,7-8,14-19,22-25,27,31-32H2,1-2H3,(H2,48,51)/b21-20+/t40-/m0/s1. The number of phenolic OH excluding ortho intramolecular Hbond substituents is 1. The number of carbonyl (C=O) groups excluding carboxylic acids is 2. The number of aromatic nitrogens is 1. The molecule has 0 unspecified atom stereocenters. The molecule has 1 saturated heterocycles. The minimum atomic E-state index is -0.233. The van der Waals surface area contributed by atoms with Gasteiger partial charge in [-0.1, -0.05) is 73.5 Å². The van der Waals surface area contributed by atoms with Crippen molar-refractivity contribution in [2.75, 3.05) is 39.5 Å². The highest BCUT2D eigenvalue weighted by Gasteiger charge is 2.22. The zero-order valence-corrected chi connectivity index (χ0v) is 32.8. The Hall–Kier alpha value is -4.79. The van der Waals surface area contributed by atoms with Crippen molar-refractivity contribution in [3.63, 3.8) is 0 Å². The maximum Gasteiger partial charge on any atom is 0.163 e. The molecular weight excluding hydrogens is 685 g/mol. The molecule has 8 nitrogen and oxygen atoms in total. The van der Waals surface area contributed by atoms with Crippen LogP contribution < -0.4 is 21.1 Å². The van der Waals surface area contributed by atoms with E-state index >= 15 is 0 Å². The van der Waals surface area contributed by atoms with Crippen LogP contribution in [0.3, 0.4) is 0 Å². The van der Waals surface area contributed by atoms with Crippen LogP contribution in [0, 0.1) is 11.8 Å². The molecule has 3 aromatic carbocycles. The molecule has 1 aromatic heterocycles. The number of Topliss-reactive ketones (excluding diaryl/α,β-unsaturated/α-hetero) is 1. The maximum atomic E-state index is 13.0. The zero-order valence-electron chi connectivity index (χ0n) is 32.8. The monoisotopic (exact) mass is 744 g/mol. The van der Waals surface area contributed by atoms with Gasteiger partial charge in [-0.3, -0.25) is 9.59 Å². The molecule has 1 aliphatic heterocycles. The number of nitrogen functional groups attached to an aromatic ring is 1. The number of hydrogen-bond donors (Lipinski definition) is 4. The van der Waals surface area contributed by atoms with E-state index in [4.69, 9.17) is 10.5 Å². The number of nitrogens with two attached hydrogens (primary N) is 1. The molecule has 292 valence electrons. The van der Waals surface area contributed by atoms with Crippen molar-refractivity contribution in [1.29, 1.82) is 0 Å². The van der Waals surface area contributed by atoms with Crippen LogP contribution in [0.2, 0.25) is 0 Å². The lowest BCUT2D eigenvalue weighted by molar-refractivity contribution is -0.124. The van der Waals surface area contributed by atoms with Gasteiger partial charge in [0.15, 0.2) is 17.3 Å². The summed E-state index contributed by atoms with van der Waals surface area (Å²) >= 11 is 0. The molecule has 0 radical (unpaired) electrons. The predicted octanol–water partition coefficient (Wildman–Crippen LogP) is 7.87. The molecular formula is C47H60N4O4. The molecule has 2 heterocycles. The Morgan fingerprint density at radius 2 is 1.64 bits per heavy atom. The zero-order chi connectivity index (χ0) is 38.8. The number of nitrogens with zero attached hydrogens (tertiary/aromatic N) is 1. The molecule has 5 N–H and O–H groups in total. The SMILES string of the molecule is CNC[C@H](CCCCCC(=O)CC(=O)/C=C/c1cc(OC)c(O)cc1Cc1cnc(N)cc1CCc1cccc(CCc2ccccc2)c1)C1CCNCC1. The smallest absolute Gasteiger partial charge is 0.163 e. The number of ether oxygens (including phenoxy) is 1. The topological polar surface area (TPSA) is 127 Å². The fourth-order valence-electron chi connectivity index (χ4n) is 7.91. The third kappa shape index (κ3) is 13.5. The first kappa shape index (κ1) is 41.4. The number of rotatable bonds is 22. The van der Waals surface area contributed by atoms with Gasteiger partial charge < -0.3 is 26.2 Å². The van der Waals surface area contributed by atoms with Crippen molar-refractivity contribution in [3.05, 3.63) is 124 Å². The molecule has 0 bridgehead atoms. The Morgan fingerprint density at radius 3 is 2.38 bits per heavy atom. The molecule has 55 heavy (non-hydrogen) atoms. The second-order valence-corrected chi connectivity index (χ2v) is 15.1. The van der Waals surface area contributed by atoms with Gasteiger partial charge in [-0.15, -0.1) is 0 Å². The molecule has 1 fully saturated rings. The van der Waals surface area contributed by atoms with Crippen LogP contribution in [0.15, 0.2) is 85.1 Å². The van der Waals surface area contributed by atoms with Crippen molar-refractivity contribution in [2.45, 2.75) is 83.5 Å². The summed E-state index contributed by atoms with van der Waals surface area (Å²) < 4.78 is 5.41. The second-order valence-electron chi connectivity index (χ2n) is 15.1.